The fourth-order valence-corrected chi connectivity index (χ4v) is 3.18. The first-order valence-electron chi connectivity index (χ1n) is 9.95. The summed E-state index contributed by atoms with van der Waals surface area (Å²) in [6.45, 7) is 14.4. The minimum atomic E-state index is -0.830. The molecular formula is C21H36N2O4. The third kappa shape index (κ3) is 8.26. The Morgan fingerprint density at radius 1 is 1.07 bits per heavy atom. The van der Waals surface area contributed by atoms with Gasteiger partial charge in [0.05, 0.1) is 18.5 Å². The summed E-state index contributed by atoms with van der Waals surface area (Å²) in [6.07, 6.45) is 2.96. The van der Waals surface area contributed by atoms with Gasteiger partial charge in [0.15, 0.2) is 0 Å². The van der Waals surface area contributed by atoms with Crippen molar-refractivity contribution in [3.63, 3.8) is 0 Å². The third-order valence-corrected chi connectivity index (χ3v) is 3.99. The molecule has 0 fully saturated rings. The van der Waals surface area contributed by atoms with E-state index >= 15 is 0 Å². The Bertz CT molecular complexity index is 534. The first-order valence-corrected chi connectivity index (χ1v) is 9.95. The Labute approximate surface area is 164 Å². The van der Waals surface area contributed by atoms with E-state index < -0.39 is 5.60 Å². The lowest BCUT2D eigenvalue weighted by molar-refractivity contribution is -0.146. The molecule has 6 heteroatoms. The molecule has 1 aromatic rings. The highest BCUT2D eigenvalue weighted by Gasteiger charge is 2.40. The quantitative estimate of drug-likeness (QED) is 0.517. The van der Waals surface area contributed by atoms with Crippen molar-refractivity contribution in [2.45, 2.75) is 60.0 Å². The number of pyridine rings is 1. The second-order valence-electron chi connectivity index (χ2n) is 7.51. The average Bonchev–Trinajstić information content (AvgIpc) is 2.59. The first-order chi connectivity index (χ1) is 12.8. The molecule has 1 N–H and O–H groups in total. The van der Waals surface area contributed by atoms with Gasteiger partial charge < -0.3 is 19.5 Å². The van der Waals surface area contributed by atoms with Crippen LogP contribution in [0, 0.1) is 11.8 Å². The van der Waals surface area contributed by atoms with Crippen LogP contribution in [0.3, 0.4) is 0 Å². The Morgan fingerprint density at radius 2 is 1.74 bits per heavy atom. The molecule has 1 rings (SSSR count). The van der Waals surface area contributed by atoms with Crippen molar-refractivity contribution in [2.75, 3.05) is 31.7 Å². The van der Waals surface area contributed by atoms with Crippen LogP contribution in [-0.4, -0.2) is 42.9 Å². The van der Waals surface area contributed by atoms with Gasteiger partial charge in [-0.2, -0.15) is 0 Å². The zero-order valence-corrected chi connectivity index (χ0v) is 17.7. The maximum atomic E-state index is 13.1. The number of carbonyl (C=O) groups excluding carboxylic acids is 1. The summed E-state index contributed by atoms with van der Waals surface area (Å²) in [5, 5.41) is 2.98. The SMILES string of the molecule is CCOCCOc1ccc(NC(=O)C(CC(C)C)(CC(C)C)OCC)cn1. The van der Waals surface area contributed by atoms with Crippen LogP contribution in [0.2, 0.25) is 0 Å². The zero-order chi connectivity index (χ0) is 20.3. The monoisotopic (exact) mass is 380 g/mol. The predicted molar refractivity (Wildman–Crippen MR) is 108 cm³/mol. The number of carbonyl (C=O) groups is 1. The molecule has 0 aromatic carbocycles. The average molecular weight is 381 g/mol. The molecule has 1 amide bonds. The van der Waals surface area contributed by atoms with E-state index in [2.05, 4.69) is 38.0 Å². The fourth-order valence-electron chi connectivity index (χ4n) is 3.18. The van der Waals surface area contributed by atoms with E-state index in [9.17, 15) is 4.79 Å². The smallest absolute Gasteiger partial charge is 0.256 e. The van der Waals surface area contributed by atoms with Gasteiger partial charge in [0.25, 0.3) is 5.91 Å². The summed E-state index contributed by atoms with van der Waals surface area (Å²) in [5.41, 5.74) is -0.197. The normalized spacial score (nSPS) is 11.9. The lowest BCUT2D eigenvalue weighted by atomic mass is 9.83. The van der Waals surface area contributed by atoms with Crippen LogP contribution in [0.15, 0.2) is 18.3 Å². The van der Waals surface area contributed by atoms with E-state index in [1.54, 1.807) is 18.3 Å². The molecule has 0 aliphatic heterocycles. The Hall–Kier alpha value is -1.66. The predicted octanol–water partition coefficient (Wildman–Crippen LogP) is 4.30. The number of rotatable bonds is 13. The number of aromatic nitrogens is 1. The summed E-state index contributed by atoms with van der Waals surface area (Å²) in [4.78, 5) is 17.4. The maximum absolute atomic E-state index is 13.1. The van der Waals surface area contributed by atoms with Gasteiger partial charge in [0.2, 0.25) is 5.88 Å². The lowest BCUT2D eigenvalue weighted by Gasteiger charge is -2.35. The van der Waals surface area contributed by atoms with E-state index in [0.29, 0.717) is 62.7 Å². The van der Waals surface area contributed by atoms with Crippen LogP contribution in [0.5, 0.6) is 5.88 Å². The zero-order valence-electron chi connectivity index (χ0n) is 17.7. The van der Waals surface area contributed by atoms with Crippen molar-refractivity contribution in [1.82, 2.24) is 4.98 Å². The number of hydrogen-bond donors (Lipinski definition) is 1. The molecule has 0 atom stereocenters. The van der Waals surface area contributed by atoms with Crippen molar-refractivity contribution >= 4 is 11.6 Å². The lowest BCUT2D eigenvalue weighted by Crippen LogP contribution is -2.47. The van der Waals surface area contributed by atoms with Crippen molar-refractivity contribution < 1.29 is 19.0 Å². The van der Waals surface area contributed by atoms with E-state index in [1.165, 1.54) is 0 Å². The molecule has 27 heavy (non-hydrogen) atoms. The third-order valence-electron chi connectivity index (χ3n) is 3.99. The largest absolute Gasteiger partial charge is 0.475 e. The molecule has 0 bridgehead atoms. The van der Waals surface area contributed by atoms with Crippen molar-refractivity contribution in [2.24, 2.45) is 11.8 Å². The summed E-state index contributed by atoms with van der Waals surface area (Å²) in [7, 11) is 0. The number of ether oxygens (including phenoxy) is 3. The summed E-state index contributed by atoms with van der Waals surface area (Å²) < 4.78 is 16.8. The van der Waals surface area contributed by atoms with Gasteiger partial charge >= 0.3 is 0 Å². The van der Waals surface area contributed by atoms with E-state index in [-0.39, 0.29) is 5.91 Å². The minimum absolute atomic E-state index is 0.112. The molecule has 0 saturated heterocycles. The van der Waals surface area contributed by atoms with Gasteiger partial charge in [-0.15, -0.1) is 0 Å². The molecule has 0 unspecified atom stereocenters. The molecular weight excluding hydrogens is 344 g/mol. The minimum Gasteiger partial charge on any atom is -0.475 e. The molecule has 1 aromatic heterocycles. The van der Waals surface area contributed by atoms with E-state index in [1.807, 2.05) is 13.8 Å². The number of anilines is 1. The van der Waals surface area contributed by atoms with E-state index in [4.69, 9.17) is 14.2 Å². The van der Waals surface area contributed by atoms with Gasteiger partial charge in [-0.1, -0.05) is 27.7 Å². The van der Waals surface area contributed by atoms with Crippen LogP contribution in [0.1, 0.15) is 54.4 Å². The van der Waals surface area contributed by atoms with Gasteiger partial charge in [0.1, 0.15) is 12.2 Å². The van der Waals surface area contributed by atoms with Crippen LogP contribution in [-0.2, 0) is 14.3 Å². The van der Waals surface area contributed by atoms with Gasteiger partial charge in [-0.3, -0.25) is 4.79 Å². The Kier molecular flexibility index (Phi) is 10.3. The summed E-state index contributed by atoms with van der Waals surface area (Å²) >= 11 is 0. The van der Waals surface area contributed by atoms with Crippen LogP contribution in [0.25, 0.3) is 0 Å². The number of hydrogen-bond acceptors (Lipinski definition) is 5. The second-order valence-corrected chi connectivity index (χ2v) is 7.51. The number of amides is 1. The number of nitrogens with zero attached hydrogens (tertiary/aromatic N) is 1. The van der Waals surface area contributed by atoms with Crippen molar-refractivity contribution in [1.29, 1.82) is 0 Å². The second kappa shape index (κ2) is 11.9. The van der Waals surface area contributed by atoms with Crippen molar-refractivity contribution in [3.8, 4) is 5.88 Å². The fraction of sp³-hybridized carbons (Fsp3) is 0.714. The Morgan fingerprint density at radius 3 is 2.22 bits per heavy atom. The first kappa shape index (κ1) is 23.4. The molecule has 154 valence electrons. The summed E-state index contributed by atoms with van der Waals surface area (Å²) in [5.74, 6) is 1.09. The number of nitrogens with one attached hydrogen (secondary N) is 1. The molecule has 0 saturated carbocycles. The molecule has 0 radical (unpaired) electrons. The van der Waals surface area contributed by atoms with Gasteiger partial charge in [0, 0.05) is 19.3 Å². The van der Waals surface area contributed by atoms with E-state index in [0.717, 1.165) is 0 Å². The standard InChI is InChI=1S/C21H36N2O4/c1-7-25-11-12-26-19-10-9-18(15-22-19)23-20(24)21(27-8-2,13-16(3)4)14-17(5)6/h9-10,15-17H,7-8,11-14H2,1-6H3,(H,23,24). The van der Waals surface area contributed by atoms with Crippen molar-refractivity contribution in [3.05, 3.63) is 18.3 Å². The molecule has 0 spiro atoms. The Balaban J connectivity index is 2.81. The van der Waals surface area contributed by atoms with Crippen LogP contribution >= 0.6 is 0 Å². The maximum Gasteiger partial charge on any atom is 0.256 e. The highest BCUT2D eigenvalue weighted by molar-refractivity contribution is 5.97. The topological polar surface area (TPSA) is 69.7 Å². The van der Waals surface area contributed by atoms with Crippen LogP contribution in [0.4, 0.5) is 5.69 Å². The molecule has 1 heterocycles. The van der Waals surface area contributed by atoms with Gasteiger partial charge in [-0.05, 0) is 44.6 Å². The molecule has 6 nitrogen and oxygen atoms in total. The van der Waals surface area contributed by atoms with Gasteiger partial charge in [-0.25, -0.2) is 4.98 Å². The highest BCUT2D eigenvalue weighted by atomic mass is 16.5. The van der Waals surface area contributed by atoms with Crippen LogP contribution < -0.4 is 10.1 Å². The molecule has 0 aliphatic carbocycles. The highest BCUT2D eigenvalue weighted by Crippen LogP contribution is 2.30. The molecule has 0 aliphatic rings. The summed E-state index contributed by atoms with van der Waals surface area (Å²) in [6, 6.07) is 3.54.